The van der Waals surface area contributed by atoms with Crippen LogP contribution in [0.4, 0.5) is 13.2 Å². The molecule has 0 radical (unpaired) electrons. The molecule has 0 amide bonds. The second-order valence-electron chi connectivity index (χ2n) is 3.02. The van der Waals surface area contributed by atoms with Crippen molar-refractivity contribution in [2.75, 3.05) is 0 Å². The molecule has 0 heterocycles. The molecule has 0 aromatic carbocycles. The molecule has 1 aliphatic carbocycles. The van der Waals surface area contributed by atoms with Gasteiger partial charge in [-0.2, -0.15) is 13.2 Å². The van der Waals surface area contributed by atoms with E-state index in [9.17, 15) is 13.2 Å². The van der Waals surface area contributed by atoms with Crippen molar-refractivity contribution in [2.45, 2.75) is 31.5 Å². The Kier molecular flexibility index (Phi) is 1.87. The van der Waals surface area contributed by atoms with Gasteiger partial charge >= 0.3 is 6.18 Å². The van der Waals surface area contributed by atoms with Crippen molar-refractivity contribution < 1.29 is 23.4 Å². The van der Waals surface area contributed by atoms with Crippen LogP contribution < -0.4 is 0 Å². The van der Waals surface area contributed by atoms with Crippen LogP contribution in [0.3, 0.4) is 0 Å². The number of alkyl halides is 3. The molecule has 1 aliphatic rings. The minimum absolute atomic E-state index is 0.289. The number of aliphatic hydroxyl groups excluding tert-OH is 1. The molecular formula is C7H9F3O2. The van der Waals surface area contributed by atoms with Crippen molar-refractivity contribution in [1.82, 2.24) is 0 Å². The van der Waals surface area contributed by atoms with Crippen molar-refractivity contribution in [2.24, 2.45) is 0 Å². The second kappa shape index (κ2) is 2.39. The van der Waals surface area contributed by atoms with Crippen LogP contribution in [0.25, 0.3) is 0 Å². The highest BCUT2D eigenvalue weighted by molar-refractivity contribution is 5.27. The van der Waals surface area contributed by atoms with E-state index >= 15 is 0 Å². The third-order valence-electron chi connectivity index (χ3n) is 1.85. The first-order valence-electron chi connectivity index (χ1n) is 3.47. The van der Waals surface area contributed by atoms with Crippen LogP contribution in [-0.4, -0.2) is 22.0 Å². The predicted molar refractivity (Wildman–Crippen MR) is 35.6 cm³/mol. The predicted octanol–water partition coefficient (Wildman–Crippen LogP) is 1.91. The van der Waals surface area contributed by atoms with Crippen molar-refractivity contribution >= 4 is 0 Å². The van der Waals surface area contributed by atoms with Gasteiger partial charge in [0, 0.05) is 0 Å². The first kappa shape index (κ1) is 9.38. The Hall–Kier alpha value is -0.710. The molecule has 1 fully saturated rings. The van der Waals surface area contributed by atoms with Gasteiger partial charge in [0.1, 0.15) is 5.76 Å². The van der Waals surface area contributed by atoms with Crippen molar-refractivity contribution in [1.29, 1.82) is 0 Å². The summed E-state index contributed by atoms with van der Waals surface area (Å²) < 4.78 is 36.1. The molecule has 0 spiro atoms. The maximum absolute atomic E-state index is 12.0. The summed E-state index contributed by atoms with van der Waals surface area (Å²) in [6.45, 7) is 0.549. The Morgan fingerprint density at radius 2 is 1.75 bits per heavy atom. The Morgan fingerprint density at radius 3 is 2.00 bits per heavy atom. The molecule has 0 bridgehead atoms. The maximum Gasteiger partial charge on any atom is 0.424 e. The normalized spacial score (nSPS) is 21.9. The fraction of sp³-hybridized carbons (Fsp3) is 0.714. The average molecular weight is 182 g/mol. The standard InChI is InChI=1S/C7H9F3O2/c1-6(12,7(8,9)10)5(11)4-2-3-4/h11-12H,2-3H2,1H3. The molecule has 0 aromatic heterocycles. The summed E-state index contributed by atoms with van der Waals surface area (Å²) in [5, 5.41) is 17.9. The third kappa shape index (κ3) is 1.41. The number of allylic oxidation sites excluding steroid dienone is 1. The molecular weight excluding hydrogens is 173 g/mol. The van der Waals surface area contributed by atoms with Crippen LogP contribution in [-0.2, 0) is 0 Å². The van der Waals surface area contributed by atoms with Gasteiger partial charge in [-0.05, 0) is 25.3 Å². The summed E-state index contributed by atoms with van der Waals surface area (Å²) in [6.07, 6.45) is -3.93. The monoisotopic (exact) mass is 182 g/mol. The van der Waals surface area contributed by atoms with E-state index in [2.05, 4.69) is 0 Å². The molecule has 0 aromatic rings. The van der Waals surface area contributed by atoms with E-state index in [4.69, 9.17) is 10.2 Å². The zero-order chi connectivity index (χ0) is 9.57. The lowest BCUT2D eigenvalue weighted by Gasteiger charge is -2.25. The minimum Gasteiger partial charge on any atom is -0.509 e. The minimum atomic E-state index is -4.81. The van der Waals surface area contributed by atoms with E-state index < -0.39 is 17.5 Å². The fourth-order valence-corrected chi connectivity index (χ4v) is 0.778. The Morgan fingerprint density at radius 1 is 1.33 bits per heavy atom. The summed E-state index contributed by atoms with van der Waals surface area (Å²) in [6, 6.07) is 0. The number of hydrogen-bond acceptors (Lipinski definition) is 2. The van der Waals surface area contributed by atoms with Crippen LogP contribution in [0.5, 0.6) is 0 Å². The van der Waals surface area contributed by atoms with Gasteiger partial charge in [0.15, 0.2) is 0 Å². The fourth-order valence-electron chi connectivity index (χ4n) is 0.778. The summed E-state index contributed by atoms with van der Waals surface area (Å²) in [7, 11) is 0. The number of hydrogen-bond donors (Lipinski definition) is 2. The molecule has 0 saturated heterocycles. The van der Waals surface area contributed by atoms with Crippen LogP contribution >= 0.6 is 0 Å². The number of halogens is 3. The molecule has 1 rings (SSSR count). The van der Waals surface area contributed by atoms with Gasteiger partial charge in [0.25, 0.3) is 0 Å². The highest BCUT2D eigenvalue weighted by Gasteiger charge is 2.54. The molecule has 12 heavy (non-hydrogen) atoms. The van der Waals surface area contributed by atoms with E-state index in [1.165, 1.54) is 0 Å². The van der Waals surface area contributed by atoms with E-state index in [1.54, 1.807) is 0 Å². The summed E-state index contributed by atoms with van der Waals surface area (Å²) in [5.74, 6) is -0.935. The summed E-state index contributed by atoms with van der Waals surface area (Å²) in [5.41, 5.74) is -2.80. The third-order valence-corrected chi connectivity index (χ3v) is 1.85. The van der Waals surface area contributed by atoms with E-state index in [0.29, 0.717) is 19.8 Å². The van der Waals surface area contributed by atoms with Crippen LogP contribution in [0.2, 0.25) is 0 Å². The van der Waals surface area contributed by atoms with Crippen LogP contribution in [0, 0.1) is 0 Å². The highest BCUT2D eigenvalue weighted by Crippen LogP contribution is 2.41. The van der Waals surface area contributed by atoms with Gasteiger partial charge in [-0.25, -0.2) is 0 Å². The lowest BCUT2D eigenvalue weighted by Crippen LogP contribution is -2.44. The second-order valence-corrected chi connectivity index (χ2v) is 3.02. The largest absolute Gasteiger partial charge is 0.509 e. The lowest BCUT2D eigenvalue weighted by atomic mass is 10.0. The lowest BCUT2D eigenvalue weighted by molar-refractivity contribution is -0.246. The molecule has 1 saturated carbocycles. The van der Waals surface area contributed by atoms with Gasteiger partial charge < -0.3 is 10.2 Å². The quantitative estimate of drug-likeness (QED) is 0.608. The summed E-state index contributed by atoms with van der Waals surface area (Å²) in [4.78, 5) is 0. The highest BCUT2D eigenvalue weighted by atomic mass is 19.4. The van der Waals surface area contributed by atoms with Crippen LogP contribution in [0.1, 0.15) is 19.8 Å². The first-order valence-corrected chi connectivity index (χ1v) is 3.47. The molecule has 0 aliphatic heterocycles. The first-order chi connectivity index (χ1) is 5.27. The van der Waals surface area contributed by atoms with Crippen molar-refractivity contribution in [3.05, 3.63) is 11.3 Å². The zero-order valence-electron chi connectivity index (χ0n) is 6.44. The van der Waals surface area contributed by atoms with Gasteiger partial charge in [-0.3, -0.25) is 0 Å². The molecule has 70 valence electrons. The summed E-state index contributed by atoms with van der Waals surface area (Å²) >= 11 is 0. The molecule has 5 heteroatoms. The zero-order valence-corrected chi connectivity index (χ0v) is 6.44. The van der Waals surface area contributed by atoms with Crippen LogP contribution in [0.15, 0.2) is 11.3 Å². The van der Waals surface area contributed by atoms with E-state index in [1.807, 2.05) is 0 Å². The van der Waals surface area contributed by atoms with Gasteiger partial charge in [-0.1, -0.05) is 0 Å². The van der Waals surface area contributed by atoms with E-state index in [0.717, 1.165) is 0 Å². The van der Waals surface area contributed by atoms with E-state index in [-0.39, 0.29) is 5.57 Å². The molecule has 1 atom stereocenters. The smallest absolute Gasteiger partial charge is 0.424 e. The average Bonchev–Trinajstić information content (AvgIpc) is 2.64. The van der Waals surface area contributed by atoms with Crippen molar-refractivity contribution in [3.8, 4) is 0 Å². The Balaban J connectivity index is 2.92. The molecule has 2 N–H and O–H groups in total. The van der Waals surface area contributed by atoms with Crippen molar-refractivity contribution in [3.63, 3.8) is 0 Å². The Bertz CT molecular complexity index is 221. The topological polar surface area (TPSA) is 40.5 Å². The number of rotatable bonds is 1. The van der Waals surface area contributed by atoms with Gasteiger partial charge in [0.2, 0.25) is 5.60 Å². The Labute approximate surface area is 67.3 Å². The van der Waals surface area contributed by atoms with Gasteiger partial charge in [-0.15, -0.1) is 0 Å². The SMILES string of the molecule is CC(O)(C(O)=C1CC1)C(F)(F)F. The molecule has 1 unspecified atom stereocenters. The molecule has 2 nitrogen and oxygen atoms in total. The number of aliphatic hydroxyl groups is 2. The van der Waals surface area contributed by atoms with Gasteiger partial charge in [0.05, 0.1) is 0 Å². The maximum atomic E-state index is 12.0.